The Morgan fingerprint density at radius 1 is 1.13 bits per heavy atom. The average Bonchev–Trinajstić information content (AvgIpc) is 2.75. The molecule has 2 aromatic carbocycles. The van der Waals surface area contributed by atoms with Gasteiger partial charge in [0.2, 0.25) is 5.91 Å². The summed E-state index contributed by atoms with van der Waals surface area (Å²) in [6.07, 6.45) is 2.07. The van der Waals surface area contributed by atoms with Crippen molar-refractivity contribution in [3.8, 4) is 11.5 Å². The van der Waals surface area contributed by atoms with Crippen LogP contribution in [-0.2, 0) is 4.79 Å². The van der Waals surface area contributed by atoms with Crippen molar-refractivity contribution in [3.63, 3.8) is 0 Å². The van der Waals surface area contributed by atoms with Gasteiger partial charge >= 0.3 is 0 Å². The van der Waals surface area contributed by atoms with Crippen molar-refractivity contribution < 1.29 is 14.3 Å². The quantitative estimate of drug-likeness (QED) is 0.522. The van der Waals surface area contributed by atoms with Crippen LogP contribution in [0.1, 0.15) is 37.3 Å². The van der Waals surface area contributed by atoms with Crippen LogP contribution in [0.15, 0.2) is 47.5 Å². The molecule has 0 radical (unpaired) electrons. The summed E-state index contributed by atoms with van der Waals surface area (Å²) in [5.74, 6) is 2.55. The van der Waals surface area contributed by atoms with Gasteiger partial charge in [-0.1, -0.05) is 36.0 Å². The molecule has 0 spiro atoms. The summed E-state index contributed by atoms with van der Waals surface area (Å²) in [5.41, 5.74) is 3.23. The molecule has 0 saturated carbocycles. The third-order valence-corrected chi connectivity index (χ3v) is 5.87. The van der Waals surface area contributed by atoms with E-state index in [0.717, 1.165) is 46.6 Å². The number of para-hydroxylation sites is 2. The van der Waals surface area contributed by atoms with E-state index in [1.54, 1.807) is 11.8 Å². The second-order valence-corrected chi connectivity index (χ2v) is 8.33. The van der Waals surface area contributed by atoms with Gasteiger partial charge in [0, 0.05) is 18.7 Å². The average molecular weight is 427 g/mol. The number of carbonyl (C=O) groups is 1. The molecule has 0 aliphatic carbocycles. The topological polar surface area (TPSA) is 51.1 Å². The van der Waals surface area contributed by atoms with Gasteiger partial charge in [-0.15, -0.1) is 0 Å². The summed E-state index contributed by atoms with van der Waals surface area (Å²) in [5, 5.41) is 0.808. The van der Waals surface area contributed by atoms with Crippen LogP contribution in [0, 0.1) is 13.8 Å². The number of carbonyl (C=O) groups excluding carboxylic acids is 1. The van der Waals surface area contributed by atoms with E-state index in [2.05, 4.69) is 32.0 Å². The Hall–Kier alpha value is -2.47. The molecule has 0 N–H and O–H groups in total. The van der Waals surface area contributed by atoms with E-state index in [1.807, 2.05) is 36.1 Å². The van der Waals surface area contributed by atoms with Crippen molar-refractivity contribution in [2.45, 2.75) is 40.0 Å². The number of rotatable bonds is 8. The lowest BCUT2D eigenvalue weighted by Gasteiger charge is -2.28. The number of amidine groups is 1. The normalized spacial score (nSPS) is 15.3. The maximum absolute atomic E-state index is 12.9. The first-order valence-electron chi connectivity index (χ1n) is 10.5. The molecule has 1 fully saturated rings. The van der Waals surface area contributed by atoms with Gasteiger partial charge in [-0.3, -0.25) is 9.69 Å². The molecule has 0 aromatic heterocycles. The van der Waals surface area contributed by atoms with Gasteiger partial charge in [0.05, 0.1) is 18.9 Å². The summed E-state index contributed by atoms with van der Waals surface area (Å²) in [4.78, 5) is 19.5. The SMILES string of the molecule is CCOc1ccccc1OCCCC(=O)N1CCCSC1=Nc1cc(C)ccc1C. The monoisotopic (exact) mass is 426 g/mol. The lowest BCUT2D eigenvalue weighted by Crippen LogP contribution is -2.39. The number of benzene rings is 2. The van der Waals surface area contributed by atoms with E-state index in [4.69, 9.17) is 14.5 Å². The molecule has 0 atom stereocenters. The second-order valence-electron chi connectivity index (χ2n) is 7.26. The minimum atomic E-state index is 0.105. The summed E-state index contributed by atoms with van der Waals surface area (Å²) < 4.78 is 11.4. The molecule has 1 saturated heterocycles. The van der Waals surface area contributed by atoms with Crippen LogP contribution in [0.2, 0.25) is 0 Å². The Labute approximate surface area is 183 Å². The van der Waals surface area contributed by atoms with Gasteiger partial charge in [-0.05, 0) is 62.9 Å². The minimum Gasteiger partial charge on any atom is -0.490 e. The molecule has 0 unspecified atom stereocenters. The van der Waals surface area contributed by atoms with Crippen LogP contribution in [0.3, 0.4) is 0 Å². The number of hydrogen-bond acceptors (Lipinski definition) is 5. The van der Waals surface area contributed by atoms with Gasteiger partial charge < -0.3 is 9.47 Å². The van der Waals surface area contributed by atoms with Gasteiger partial charge in [0.15, 0.2) is 16.7 Å². The second kappa shape index (κ2) is 11.1. The predicted molar refractivity (Wildman–Crippen MR) is 124 cm³/mol. The molecule has 1 aliphatic rings. The summed E-state index contributed by atoms with van der Waals surface area (Å²) in [6.45, 7) is 7.85. The Morgan fingerprint density at radius 2 is 1.90 bits per heavy atom. The summed E-state index contributed by atoms with van der Waals surface area (Å²) >= 11 is 1.66. The molecule has 2 aromatic rings. The highest BCUT2D eigenvalue weighted by atomic mass is 32.2. The van der Waals surface area contributed by atoms with E-state index in [-0.39, 0.29) is 5.91 Å². The number of amides is 1. The zero-order valence-corrected chi connectivity index (χ0v) is 18.8. The van der Waals surface area contributed by atoms with Crippen LogP contribution in [0.5, 0.6) is 11.5 Å². The number of nitrogens with zero attached hydrogens (tertiary/aromatic N) is 2. The zero-order chi connectivity index (χ0) is 21.3. The highest BCUT2D eigenvalue weighted by Crippen LogP contribution is 2.28. The van der Waals surface area contributed by atoms with Crippen LogP contribution >= 0.6 is 11.8 Å². The van der Waals surface area contributed by atoms with Crippen molar-refractivity contribution in [1.29, 1.82) is 0 Å². The first-order valence-corrected chi connectivity index (χ1v) is 11.5. The largest absolute Gasteiger partial charge is 0.490 e. The maximum atomic E-state index is 12.9. The number of aliphatic imine (C=N–C) groups is 1. The number of ether oxygens (including phenoxy) is 2. The van der Waals surface area contributed by atoms with Crippen LogP contribution < -0.4 is 9.47 Å². The molecule has 1 aliphatic heterocycles. The molecule has 160 valence electrons. The smallest absolute Gasteiger partial charge is 0.228 e. The Morgan fingerprint density at radius 3 is 2.67 bits per heavy atom. The van der Waals surface area contributed by atoms with Crippen molar-refractivity contribution in [1.82, 2.24) is 4.90 Å². The molecule has 3 rings (SSSR count). The standard InChI is InChI=1S/C24H30N2O3S/c1-4-28-21-9-5-6-10-22(21)29-15-7-11-23(27)26-14-8-16-30-24(26)25-20-17-18(2)12-13-19(20)3/h5-6,9-10,12-13,17H,4,7-8,11,14-16H2,1-3H3. The number of aryl methyl sites for hydroxylation is 2. The molecule has 5 nitrogen and oxygen atoms in total. The summed E-state index contributed by atoms with van der Waals surface area (Å²) in [7, 11) is 0. The van der Waals surface area contributed by atoms with Crippen LogP contribution in [0.4, 0.5) is 5.69 Å². The summed E-state index contributed by atoms with van der Waals surface area (Å²) in [6, 6.07) is 13.9. The molecule has 0 bridgehead atoms. The predicted octanol–water partition coefficient (Wildman–Crippen LogP) is 5.51. The Balaban J connectivity index is 1.58. The highest BCUT2D eigenvalue weighted by Gasteiger charge is 2.23. The number of hydrogen-bond donors (Lipinski definition) is 0. The Kier molecular flexibility index (Phi) is 8.20. The van der Waals surface area contributed by atoms with Crippen molar-refractivity contribution in [3.05, 3.63) is 53.6 Å². The fraction of sp³-hybridized carbons (Fsp3) is 0.417. The zero-order valence-electron chi connectivity index (χ0n) is 18.0. The molecular weight excluding hydrogens is 396 g/mol. The lowest BCUT2D eigenvalue weighted by molar-refractivity contribution is -0.127. The molecular formula is C24H30N2O3S. The van der Waals surface area contributed by atoms with E-state index in [1.165, 1.54) is 5.56 Å². The third kappa shape index (κ3) is 6.02. The Bertz CT molecular complexity index is 898. The van der Waals surface area contributed by atoms with Crippen molar-refractivity contribution in [2.24, 2.45) is 4.99 Å². The lowest BCUT2D eigenvalue weighted by atomic mass is 10.1. The van der Waals surface area contributed by atoms with Gasteiger partial charge in [0.25, 0.3) is 0 Å². The molecule has 1 heterocycles. The van der Waals surface area contributed by atoms with E-state index in [9.17, 15) is 4.79 Å². The van der Waals surface area contributed by atoms with E-state index in [0.29, 0.717) is 26.1 Å². The van der Waals surface area contributed by atoms with E-state index >= 15 is 0 Å². The maximum Gasteiger partial charge on any atom is 0.228 e. The molecule has 30 heavy (non-hydrogen) atoms. The first kappa shape index (κ1) is 22.2. The first-order chi connectivity index (χ1) is 14.6. The van der Waals surface area contributed by atoms with E-state index < -0.39 is 0 Å². The fourth-order valence-corrected chi connectivity index (χ4v) is 4.18. The minimum absolute atomic E-state index is 0.105. The third-order valence-electron chi connectivity index (χ3n) is 4.81. The molecule has 6 heteroatoms. The van der Waals surface area contributed by atoms with Gasteiger partial charge in [-0.25, -0.2) is 4.99 Å². The molecule has 1 amide bonds. The fourth-order valence-electron chi connectivity index (χ4n) is 3.21. The van der Waals surface area contributed by atoms with Crippen molar-refractivity contribution >= 4 is 28.5 Å². The number of thioether (sulfide) groups is 1. The van der Waals surface area contributed by atoms with Crippen molar-refractivity contribution in [2.75, 3.05) is 25.5 Å². The van der Waals surface area contributed by atoms with Crippen LogP contribution in [0.25, 0.3) is 0 Å². The van der Waals surface area contributed by atoms with Crippen LogP contribution in [-0.4, -0.2) is 41.5 Å². The highest BCUT2D eigenvalue weighted by molar-refractivity contribution is 8.13. The van der Waals surface area contributed by atoms with Gasteiger partial charge in [0.1, 0.15) is 0 Å². The van der Waals surface area contributed by atoms with Gasteiger partial charge in [-0.2, -0.15) is 0 Å².